The molecule has 1 aliphatic rings. The van der Waals surface area contributed by atoms with Crippen molar-refractivity contribution < 1.29 is 29.0 Å². The number of Topliss-reactive ketones (excluding diaryl/α,β-unsaturated/α-hetero) is 1. The molecule has 11 heteroatoms. The minimum atomic E-state index is -0.996. The van der Waals surface area contributed by atoms with Crippen LogP contribution in [0.25, 0.3) is 0 Å². The van der Waals surface area contributed by atoms with Gasteiger partial charge in [-0.05, 0) is 44.7 Å². The van der Waals surface area contributed by atoms with Crippen LogP contribution in [0, 0.1) is 11.8 Å². The van der Waals surface area contributed by atoms with Gasteiger partial charge >= 0.3 is 5.97 Å². The summed E-state index contributed by atoms with van der Waals surface area (Å²) >= 11 is 0. The third kappa shape index (κ3) is 11.3. The summed E-state index contributed by atoms with van der Waals surface area (Å²) < 4.78 is 5.87. The number of unbranched alkanes of at least 4 members (excludes halogenated alkanes) is 1. The molecule has 1 aromatic heterocycles. The summed E-state index contributed by atoms with van der Waals surface area (Å²) in [6, 6.07) is -0.930. The minimum absolute atomic E-state index is 0.0296. The zero-order valence-corrected chi connectivity index (χ0v) is 23.8. The summed E-state index contributed by atoms with van der Waals surface area (Å²) in [4.78, 5) is 58.0. The third-order valence-electron chi connectivity index (χ3n) is 6.41. The highest BCUT2D eigenvalue weighted by Gasteiger charge is 2.29. The number of H-pyrrole nitrogens is 1. The standard InChI is InChI=1S/C29H43N5O6/c1-18(2)27-20(4)10-11-26(37)31-13-7-8-19(3)14-21(35)15-22(36)16-25-32-17-24(33-25)28(38)34-23(29(39)40-27)9-5-6-12-30/h7-8,10-11,14,17-18,20-21,23,27,35H,5-6,9,12-13,15-16,30H2,1-4H3,(H,31,37)(H,32,33)(H,34,38)/b8-7+,11-10+,19-14+/t20-,21-,23-,27-/m1/s1. The maximum atomic E-state index is 13.2. The van der Waals surface area contributed by atoms with E-state index in [1.165, 1.54) is 12.3 Å². The van der Waals surface area contributed by atoms with Gasteiger partial charge in [0.1, 0.15) is 29.4 Å². The number of amides is 2. The molecule has 1 aromatic rings. The van der Waals surface area contributed by atoms with Crippen molar-refractivity contribution in [3.63, 3.8) is 0 Å². The number of ether oxygens (including phenoxy) is 1. The molecule has 0 radical (unpaired) electrons. The second-order valence-electron chi connectivity index (χ2n) is 10.5. The van der Waals surface area contributed by atoms with Crippen LogP contribution in [0.15, 0.2) is 42.2 Å². The molecular weight excluding hydrogens is 514 g/mol. The van der Waals surface area contributed by atoms with E-state index in [4.69, 9.17) is 10.5 Å². The second-order valence-corrected chi connectivity index (χ2v) is 10.5. The van der Waals surface area contributed by atoms with Gasteiger partial charge in [0.05, 0.1) is 12.5 Å². The van der Waals surface area contributed by atoms with Crippen LogP contribution in [-0.4, -0.2) is 70.0 Å². The van der Waals surface area contributed by atoms with Crippen LogP contribution in [0.1, 0.15) is 69.7 Å². The number of cyclic esters (lactones) is 1. The Kier molecular flexibility index (Phi) is 13.5. The number of imidazole rings is 1. The fourth-order valence-corrected chi connectivity index (χ4v) is 4.33. The smallest absolute Gasteiger partial charge is 0.328 e. The fourth-order valence-electron chi connectivity index (χ4n) is 4.33. The predicted molar refractivity (Wildman–Crippen MR) is 151 cm³/mol. The Balaban J connectivity index is 2.33. The quantitative estimate of drug-likeness (QED) is 0.269. The van der Waals surface area contributed by atoms with Gasteiger partial charge in [-0.25, -0.2) is 9.78 Å². The number of carbonyl (C=O) groups is 4. The number of esters is 1. The van der Waals surface area contributed by atoms with Gasteiger partial charge in [-0.3, -0.25) is 14.4 Å². The van der Waals surface area contributed by atoms with Crippen molar-refractivity contribution in [3.8, 4) is 0 Å². The monoisotopic (exact) mass is 557 g/mol. The molecule has 2 heterocycles. The molecule has 0 saturated heterocycles. The number of aromatic amines is 1. The number of nitrogens with zero attached hydrogens (tertiary/aromatic N) is 1. The highest BCUT2D eigenvalue weighted by molar-refractivity contribution is 5.95. The molecule has 40 heavy (non-hydrogen) atoms. The average Bonchev–Trinajstić information content (AvgIpc) is 3.35. The summed E-state index contributed by atoms with van der Waals surface area (Å²) in [5.41, 5.74) is 6.38. The van der Waals surface area contributed by atoms with Crippen LogP contribution in [0.2, 0.25) is 0 Å². The first kappa shape index (κ1) is 32.6. The number of aliphatic hydroxyl groups excluding tert-OH is 1. The number of aliphatic hydroxyl groups is 1. The first-order valence-electron chi connectivity index (χ1n) is 13.8. The molecule has 0 spiro atoms. The Morgan fingerprint density at radius 3 is 2.62 bits per heavy atom. The van der Waals surface area contributed by atoms with E-state index in [1.807, 2.05) is 20.8 Å². The molecule has 1 aliphatic heterocycles. The molecule has 0 aliphatic carbocycles. The van der Waals surface area contributed by atoms with E-state index in [2.05, 4.69) is 20.6 Å². The predicted octanol–water partition coefficient (Wildman–Crippen LogP) is 1.89. The average molecular weight is 558 g/mol. The molecule has 0 unspecified atom stereocenters. The summed E-state index contributed by atoms with van der Waals surface area (Å²) in [5.74, 6) is -1.79. The third-order valence-corrected chi connectivity index (χ3v) is 6.41. The Morgan fingerprint density at radius 2 is 1.93 bits per heavy atom. The van der Waals surface area contributed by atoms with Gasteiger partial charge in [0, 0.05) is 25.1 Å². The maximum Gasteiger partial charge on any atom is 0.328 e. The first-order valence-corrected chi connectivity index (χ1v) is 13.8. The maximum absolute atomic E-state index is 13.2. The molecule has 11 nitrogen and oxygen atoms in total. The van der Waals surface area contributed by atoms with Gasteiger partial charge in [0.15, 0.2) is 0 Å². The molecule has 2 amide bonds. The van der Waals surface area contributed by atoms with Crippen molar-refractivity contribution in [2.24, 2.45) is 17.6 Å². The second kappa shape index (κ2) is 16.5. The number of rotatable bonds is 5. The van der Waals surface area contributed by atoms with Crippen LogP contribution in [0.5, 0.6) is 0 Å². The zero-order valence-electron chi connectivity index (χ0n) is 23.8. The molecule has 6 N–H and O–H groups in total. The van der Waals surface area contributed by atoms with Crippen molar-refractivity contribution in [2.75, 3.05) is 13.1 Å². The van der Waals surface area contributed by atoms with Gasteiger partial charge < -0.3 is 31.2 Å². The molecule has 0 saturated carbocycles. The van der Waals surface area contributed by atoms with Crippen molar-refractivity contribution in [1.29, 1.82) is 0 Å². The van der Waals surface area contributed by atoms with E-state index in [-0.39, 0.29) is 54.4 Å². The van der Waals surface area contributed by atoms with E-state index in [9.17, 15) is 24.3 Å². The number of nitrogens with one attached hydrogen (secondary N) is 3. The molecule has 0 aromatic carbocycles. The number of allylic oxidation sites excluding steroid dienone is 2. The van der Waals surface area contributed by atoms with Gasteiger partial charge in [0.25, 0.3) is 5.91 Å². The summed E-state index contributed by atoms with van der Waals surface area (Å²) in [5, 5.41) is 15.7. The van der Waals surface area contributed by atoms with Crippen LogP contribution >= 0.6 is 0 Å². The Hall–Kier alpha value is -3.57. The highest BCUT2D eigenvalue weighted by atomic mass is 16.5. The SMILES string of the molecule is CC1=C\[C@@H](O)CC(=O)Cc2nc(c[nH]2)C(=O)N[C@H](CCCCN)C(=O)O[C@H](C(C)C)[C@H](C)/C=C/C(=O)NC\C=C\1. The van der Waals surface area contributed by atoms with E-state index in [1.54, 1.807) is 31.2 Å². The Bertz CT molecular complexity index is 1110. The lowest BCUT2D eigenvalue weighted by molar-refractivity contribution is -0.156. The van der Waals surface area contributed by atoms with Gasteiger partial charge in [-0.15, -0.1) is 0 Å². The zero-order chi connectivity index (χ0) is 29.7. The number of hydrogen-bond donors (Lipinski definition) is 5. The Morgan fingerprint density at radius 1 is 1.18 bits per heavy atom. The van der Waals surface area contributed by atoms with Crippen LogP contribution in [0.4, 0.5) is 0 Å². The highest BCUT2D eigenvalue weighted by Crippen LogP contribution is 2.20. The Labute approximate surface area is 235 Å². The number of aromatic nitrogens is 2. The largest absolute Gasteiger partial charge is 0.460 e. The summed E-state index contributed by atoms with van der Waals surface area (Å²) in [6.45, 7) is 8.19. The molecule has 220 valence electrons. The summed E-state index contributed by atoms with van der Waals surface area (Å²) in [7, 11) is 0. The fraction of sp³-hybridized carbons (Fsp3) is 0.552. The molecule has 0 fully saturated rings. The van der Waals surface area contributed by atoms with Gasteiger partial charge in [-0.2, -0.15) is 0 Å². The van der Waals surface area contributed by atoms with E-state index in [0.29, 0.717) is 25.8 Å². The number of ketones is 1. The first-order chi connectivity index (χ1) is 19.0. The lowest BCUT2D eigenvalue weighted by Crippen LogP contribution is -2.44. The lowest BCUT2D eigenvalue weighted by atomic mass is 9.94. The van der Waals surface area contributed by atoms with E-state index < -0.39 is 30.1 Å². The number of hydrogen-bond acceptors (Lipinski definition) is 8. The number of fused-ring (bicyclic) bond motifs is 2. The molecular formula is C29H43N5O6. The van der Waals surface area contributed by atoms with Gasteiger partial charge in [-0.1, -0.05) is 50.6 Å². The lowest BCUT2D eigenvalue weighted by Gasteiger charge is -2.28. The molecule has 2 rings (SSSR count). The van der Waals surface area contributed by atoms with Crippen molar-refractivity contribution in [1.82, 2.24) is 20.6 Å². The minimum Gasteiger partial charge on any atom is -0.460 e. The van der Waals surface area contributed by atoms with Crippen LogP contribution in [0.3, 0.4) is 0 Å². The van der Waals surface area contributed by atoms with Crippen molar-refractivity contribution in [2.45, 2.75) is 78.0 Å². The normalized spacial score (nSPS) is 27.2. The van der Waals surface area contributed by atoms with Crippen LogP contribution < -0.4 is 16.4 Å². The number of carbonyl (C=O) groups excluding carboxylic acids is 4. The molecule has 4 atom stereocenters. The summed E-state index contributed by atoms with van der Waals surface area (Å²) in [6.07, 6.45) is 9.36. The topological polar surface area (TPSA) is 176 Å². The van der Waals surface area contributed by atoms with Crippen molar-refractivity contribution in [3.05, 3.63) is 53.7 Å². The van der Waals surface area contributed by atoms with Crippen molar-refractivity contribution >= 4 is 23.6 Å². The van der Waals surface area contributed by atoms with Crippen LogP contribution in [-0.2, 0) is 25.5 Å². The van der Waals surface area contributed by atoms with Gasteiger partial charge in [0.2, 0.25) is 5.91 Å². The number of nitrogens with two attached hydrogens (primary N) is 1. The van der Waals surface area contributed by atoms with E-state index in [0.717, 1.165) is 5.57 Å². The van der Waals surface area contributed by atoms with E-state index >= 15 is 0 Å². The molecule has 2 bridgehead atoms.